The van der Waals surface area contributed by atoms with E-state index in [1.54, 1.807) is 6.21 Å². The van der Waals surface area contributed by atoms with Crippen LogP contribution in [-0.2, 0) is 17.6 Å². The third-order valence-corrected chi connectivity index (χ3v) is 5.44. The zero-order valence-electron chi connectivity index (χ0n) is 15.3. The van der Waals surface area contributed by atoms with Crippen molar-refractivity contribution in [3.63, 3.8) is 0 Å². The van der Waals surface area contributed by atoms with E-state index in [1.165, 1.54) is 33.7 Å². The average Bonchev–Trinajstić information content (AvgIpc) is 3.06. The monoisotopic (exact) mass is 376 g/mol. The van der Waals surface area contributed by atoms with Gasteiger partial charge in [0, 0.05) is 17.0 Å². The Labute approximate surface area is 162 Å². The lowest BCUT2D eigenvalue weighted by Gasteiger charge is -2.05. The van der Waals surface area contributed by atoms with E-state index in [4.69, 9.17) is 0 Å². The van der Waals surface area contributed by atoms with Crippen molar-refractivity contribution in [3.8, 4) is 0 Å². The summed E-state index contributed by atoms with van der Waals surface area (Å²) >= 11 is 1.31. The largest absolute Gasteiger partial charge is 0.272 e. The minimum absolute atomic E-state index is 0.176. The number of aromatic nitrogens is 2. The van der Waals surface area contributed by atoms with E-state index >= 15 is 0 Å². The number of thioether (sulfide) groups is 1. The highest BCUT2D eigenvalue weighted by Crippen LogP contribution is 2.32. The molecule has 136 valence electrons. The van der Waals surface area contributed by atoms with E-state index in [2.05, 4.69) is 50.8 Å². The van der Waals surface area contributed by atoms with Crippen LogP contribution in [0.25, 0.3) is 10.8 Å². The first-order valence-corrected chi connectivity index (χ1v) is 9.89. The molecule has 0 saturated heterocycles. The number of carbonyl (C=O) groups excluding carboxylic acids is 1. The van der Waals surface area contributed by atoms with Gasteiger partial charge in [-0.2, -0.15) is 5.10 Å². The normalized spacial score (nSPS) is 12.8. The minimum Gasteiger partial charge on any atom is -0.272 e. The summed E-state index contributed by atoms with van der Waals surface area (Å²) in [6.07, 6.45) is 3.92. The van der Waals surface area contributed by atoms with Gasteiger partial charge < -0.3 is 0 Å². The summed E-state index contributed by atoms with van der Waals surface area (Å²) in [5.74, 6) is 0.0503. The average molecular weight is 376 g/mol. The predicted octanol–water partition coefficient (Wildman–Crippen LogP) is 3.59. The van der Waals surface area contributed by atoms with Crippen LogP contribution in [-0.4, -0.2) is 27.8 Å². The van der Waals surface area contributed by atoms with Crippen LogP contribution in [0.1, 0.15) is 28.1 Å². The maximum Gasteiger partial charge on any atom is 0.250 e. The maximum atomic E-state index is 12.1. The van der Waals surface area contributed by atoms with Gasteiger partial charge in [0.1, 0.15) is 0 Å². The molecular weight excluding hydrogens is 356 g/mol. The fourth-order valence-electron chi connectivity index (χ4n) is 3.48. The van der Waals surface area contributed by atoms with E-state index < -0.39 is 0 Å². The van der Waals surface area contributed by atoms with Crippen LogP contribution in [0.15, 0.2) is 46.7 Å². The Kier molecular flexibility index (Phi) is 4.90. The molecule has 1 aromatic heterocycles. The molecule has 6 heteroatoms. The quantitative estimate of drug-likeness (QED) is 0.320. The SMILES string of the molecule is Cc1cc(C)nc(SCC(=O)N/N=C\c2ccc3c4c(cccc24)CC3)n1. The summed E-state index contributed by atoms with van der Waals surface area (Å²) in [7, 11) is 0. The second-order valence-corrected chi connectivity index (χ2v) is 7.61. The summed E-state index contributed by atoms with van der Waals surface area (Å²) < 4.78 is 0. The highest BCUT2D eigenvalue weighted by atomic mass is 32.2. The van der Waals surface area contributed by atoms with E-state index in [0.717, 1.165) is 29.8 Å². The van der Waals surface area contributed by atoms with Crippen molar-refractivity contribution >= 4 is 34.7 Å². The van der Waals surface area contributed by atoms with Gasteiger partial charge in [0.15, 0.2) is 5.16 Å². The van der Waals surface area contributed by atoms with Gasteiger partial charge in [0.2, 0.25) is 0 Å². The molecule has 0 bridgehead atoms. The molecule has 0 radical (unpaired) electrons. The number of benzene rings is 2. The number of nitrogens with one attached hydrogen (secondary N) is 1. The van der Waals surface area contributed by atoms with E-state index in [1.807, 2.05) is 19.9 Å². The van der Waals surface area contributed by atoms with Gasteiger partial charge in [-0.1, -0.05) is 42.1 Å². The van der Waals surface area contributed by atoms with E-state index in [-0.39, 0.29) is 11.7 Å². The Hall–Kier alpha value is -2.73. The number of rotatable bonds is 5. The molecule has 0 aliphatic heterocycles. The fourth-order valence-corrected chi connectivity index (χ4v) is 4.22. The number of aryl methyl sites for hydroxylation is 4. The molecule has 0 unspecified atom stereocenters. The predicted molar refractivity (Wildman–Crippen MR) is 109 cm³/mol. The summed E-state index contributed by atoms with van der Waals surface area (Å²) in [5, 5.41) is 7.29. The smallest absolute Gasteiger partial charge is 0.250 e. The van der Waals surface area contributed by atoms with Crippen molar-refractivity contribution in [2.75, 3.05) is 5.75 Å². The van der Waals surface area contributed by atoms with Crippen molar-refractivity contribution in [1.29, 1.82) is 0 Å². The van der Waals surface area contributed by atoms with Crippen LogP contribution in [0.3, 0.4) is 0 Å². The number of carbonyl (C=O) groups is 1. The lowest BCUT2D eigenvalue weighted by molar-refractivity contribution is -0.118. The van der Waals surface area contributed by atoms with Gasteiger partial charge in [-0.05, 0) is 54.7 Å². The molecule has 1 N–H and O–H groups in total. The van der Waals surface area contributed by atoms with Crippen LogP contribution in [0.5, 0.6) is 0 Å². The molecular formula is C21H20N4OS. The van der Waals surface area contributed by atoms with Crippen LogP contribution < -0.4 is 5.43 Å². The standard InChI is InChI=1S/C21H20N4OS/c1-13-10-14(2)24-21(23-13)27-12-19(26)25-22-11-17-9-8-16-7-6-15-4-3-5-18(17)20(15)16/h3-5,8-11H,6-7,12H2,1-2H3,(H,25,26)/b22-11-. The van der Waals surface area contributed by atoms with E-state index in [0.29, 0.717) is 5.16 Å². The molecule has 2 aromatic carbocycles. The zero-order chi connectivity index (χ0) is 18.8. The Morgan fingerprint density at radius 2 is 1.89 bits per heavy atom. The van der Waals surface area contributed by atoms with Crippen molar-refractivity contribution in [3.05, 3.63) is 64.5 Å². The first-order chi connectivity index (χ1) is 13.1. The number of hydrogen-bond donors (Lipinski definition) is 1. The molecule has 0 saturated carbocycles. The second-order valence-electron chi connectivity index (χ2n) is 6.67. The molecule has 0 atom stereocenters. The topological polar surface area (TPSA) is 67.2 Å². The fraction of sp³-hybridized carbons (Fsp3) is 0.238. The minimum atomic E-state index is -0.176. The molecule has 4 rings (SSSR count). The summed E-state index contributed by atoms with van der Waals surface area (Å²) in [5.41, 5.74) is 8.20. The molecule has 1 aliphatic carbocycles. The van der Waals surface area contributed by atoms with Crippen LogP contribution >= 0.6 is 11.8 Å². The van der Waals surface area contributed by atoms with Crippen LogP contribution in [0.4, 0.5) is 0 Å². The van der Waals surface area contributed by atoms with Gasteiger partial charge in [-0.15, -0.1) is 0 Å². The maximum absolute atomic E-state index is 12.1. The Balaban J connectivity index is 1.41. The molecule has 0 spiro atoms. The third kappa shape index (κ3) is 3.85. The molecule has 0 fully saturated rings. The van der Waals surface area contributed by atoms with E-state index in [9.17, 15) is 4.79 Å². The first kappa shape index (κ1) is 17.7. The number of nitrogens with zero attached hydrogens (tertiary/aromatic N) is 3. The lowest BCUT2D eigenvalue weighted by atomic mass is 10.0. The molecule has 1 amide bonds. The van der Waals surface area contributed by atoms with Gasteiger partial charge >= 0.3 is 0 Å². The summed E-state index contributed by atoms with van der Waals surface area (Å²) in [6.45, 7) is 3.84. The highest BCUT2D eigenvalue weighted by Gasteiger charge is 2.15. The van der Waals surface area contributed by atoms with Crippen molar-refractivity contribution < 1.29 is 4.79 Å². The Morgan fingerprint density at radius 1 is 1.15 bits per heavy atom. The van der Waals surface area contributed by atoms with Crippen molar-refractivity contribution in [2.45, 2.75) is 31.8 Å². The van der Waals surface area contributed by atoms with Gasteiger partial charge in [-0.3, -0.25) is 4.79 Å². The number of hydrogen-bond acceptors (Lipinski definition) is 5. The summed E-state index contributed by atoms with van der Waals surface area (Å²) in [6, 6.07) is 12.5. The molecule has 1 aliphatic rings. The van der Waals surface area contributed by atoms with Crippen molar-refractivity contribution in [2.24, 2.45) is 5.10 Å². The number of hydrazone groups is 1. The van der Waals surface area contributed by atoms with Gasteiger partial charge in [0.25, 0.3) is 5.91 Å². The third-order valence-electron chi connectivity index (χ3n) is 4.60. The van der Waals surface area contributed by atoms with Crippen molar-refractivity contribution in [1.82, 2.24) is 15.4 Å². The number of amides is 1. The van der Waals surface area contributed by atoms with Crippen LogP contribution in [0.2, 0.25) is 0 Å². The Bertz CT molecular complexity index is 1030. The lowest BCUT2D eigenvalue weighted by Crippen LogP contribution is -2.19. The summed E-state index contributed by atoms with van der Waals surface area (Å²) in [4.78, 5) is 20.7. The molecule has 1 heterocycles. The molecule has 5 nitrogen and oxygen atoms in total. The van der Waals surface area contributed by atoms with Gasteiger partial charge in [0.05, 0.1) is 12.0 Å². The Morgan fingerprint density at radius 3 is 2.67 bits per heavy atom. The first-order valence-electron chi connectivity index (χ1n) is 8.90. The molecule has 27 heavy (non-hydrogen) atoms. The molecule has 3 aromatic rings. The second kappa shape index (κ2) is 7.48. The van der Waals surface area contributed by atoms with Gasteiger partial charge in [-0.25, -0.2) is 15.4 Å². The zero-order valence-corrected chi connectivity index (χ0v) is 16.1. The van der Waals surface area contributed by atoms with Crippen LogP contribution in [0, 0.1) is 13.8 Å². The highest BCUT2D eigenvalue weighted by molar-refractivity contribution is 7.99.